The van der Waals surface area contributed by atoms with Crippen molar-refractivity contribution in [2.75, 3.05) is 0 Å². The smallest absolute Gasteiger partial charge is 0.0411 e. The van der Waals surface area contributed by atoms with Crippen LogP contribution in [-0.2, 0) is 0 Å². The molecule has 0 radical (unpaired) electrons. The van der Waals surface area contributed by atoms with Crippen LogP contribution in [0.15, 0.2) is 0 Å². The largest absolute Gasteiger partial charge is 0.0862 e. The van der Waals surface area contributed by atoms with Gasteiger partial charge in [0.2, 0.25) is 0 Å². The van der Waals surface area contributed by atoms with Gasteiger partial charge in [0, 0.05) is 6.65 Å². The first-order chi connectivity index (χ1) is 8.40. The van der Waals surface area contributed by atoms with Crippen LogP contribution in [0.5, 0.6) is 0 Å². The van der Waals surface area contributed by atoms with Crippen LogP contribution in [0.4, 0.5) is 0 Å². The molecule has 4 heteroatoms. The van der Waals surface area contributed by atoms with Crippen molar-refractivity contribution >= 4 is 33.1 Å². The number of rotatable bonds is 2. The van der Waals surface area contributed by atoms with E-state index in [0.717, 1.165) is 0 Å². The van der Waals surface area contributed by atoms with Crippen molar-refractivity contribution in [3.05, 3.63) is 0 Å². The Morgan fingerprint density at radius 1 is 0.450 bits per heavy atom. The van der Waals surface area contributed by atoms with E-state index in [9.17, 15) is 0 Å². The normalized spacial score (nSPS) is 15.6. The Morgan fingerprint density at radius 2 is 0.600 bits per heavy atom. The van der Waals surface area contributed by atoms with Crippen LogP contribution in [0.3, 0.4) is 0 Å². The Morgan fingerprint density at radius 3 is 0.700 bits per heavy atom. The van der Waals surface area contributed by atoms with Crippen molar-refractivity contribution in [1.82, 2.24) is 0 Å². The fraction of sp³-hybridized carbons (Fsp3) is 1.00. The van der Waals surface area contributed by atoms with Crippen LogP contribution in [0.1, 0.15) is 83.1 Å². The summed E-state index contributed by atoms with van der Waals surface area (Å²) in [5.74, 6) is 0. The third kappa shape index (κ3) is 5.99. The van der Waals surface area contributed by atoms with Crippen LogP contribution >= 0.6 is 33.1 Å². The summed E-state index contributed by atoms with van der Waals surface area (Å²) >= 11 is 7.27. The second-order valence-corrected chi connectivity index (χ2v) is 24.8. The van der Waals surface area contributed by atoms with Gasteiger partial charge in [0.05, 0.1) is 0 Å². The van der Waals surface area contributed by atoms with Crippen molar-refractivity contribution in [3.63, 3.8) is 0 Å². The monoisotopic (exact) mass is 356 g/mol. The number of hydrogen-bond donors (Lipinski definition) is 0. The van der Waals surface area contributed by atoms with Crippen LogP contribution in [0.2, 0.25) is 0 Å². The standard InChI is InChI=1S/C16H36ClP3/c1-13(2,3)18(14(4,5)6)20(17)19(15(7,8)9)16(10,11)12/h1-12H3. The molecule has 0 aliphatic carbocycles. The van der Waals surface area contributed by atoms with Crippen molar-refractivity contribution in [2.24, 2.45) is 0 Å². The van der Waals surface area contributed by atoms with Gasteiger partial charge in [-0.05, 0) is 35.8 Å². The van der Waals surface area contributed by atoms with Gasteiger partial charge in [-0.1, -0.05) is 94.3 Å². The molecule has 0 spiro atoms. The van der Waals surface area contributed by atoms with E-state index in [1.54, 1.807) is 0 Å². The van der Waals surface area contributed by atoms with Gasteiger partial charge in [0.1, 0.15) is 0 Å². The average molecular weight is 357 g/mol. The molecule has 0 amide bonds. The van der Waals surface area contributed by atoms with Crippen molar-refractivity contribution in [2.45, 2.75) is 104 Å². The van der Waals surface area contributed by atoms with E-state index in [4.69, 9.17) is 11.2 Å². The lowest BCUT2D eigenvalue weighted by molar-refractivity contribution is 0.716. The van der Waals surface area contributed by atoms with E-state index in [0.29, 0.717) is 20.6 Å². The highest BCUT2D eigenvalue weighted by Crippen LogP contribution is 2.99. The van der Waals surface area contributed by atoms with Crippen LogP contribution in [-0.4, -0.2) is 20.6 Å². The van der Waals surface area contributed by atoms with E-state index in [2.05, 4.69) is 83.1 Å². The zero-order chi connectivity index (χ0) is 16.7. The van der Waals surface area contributed by atoms with E-state index in [1.165, 1.54) is 0 Å². The minimum absolute atomic E-state index is 0.213. The van der Waals surface area contributed by atoms with Crippen LogP contribution < -0.4 is 0 Å². The molecule has 20 heavy (non-hydrogen) atoms. The van der Waals surface area contributed by atoms with Gasteiger partial charge in [0.25, 0.3) is 0 Å². The van der Waals surface area contributed by atoms with Gasteiger partial charge in [-0.25, -0.2) is 0 Å². The van der Waals surface area contributed by atoms with Gasteiger partial charge in [-0.3, -0.25) is 0 Å². The van der Waals surface area contributed by atoms with Gasteiger partial charge < -0.3 is 0 Å². The zero-order valence-electron chi connectivity index (χ0n) is 15.7. The van der Waals surface area contributed by atoms with Crippen LogP contribution in [0.25, 0.3) is 0 Å². The minimum Gasteiger partial charge on any atom is -0.0862 e. The minimum atomic E-state index is -0.458. The molecule has 0 aromatic rings. The zero-order valence-corrected chi connectivity index (χ0v) is 19.2. The topological polar surface area (TPSA) is 0 Å². The first kappa shape index (κ1) is 21.6. The highest BCUT2D eigenvalue weighted by Gasteiger charge is 2.48. The third-order valence-corrected chi connectivity index (χ3v) is 23.7. The molecular formula is C16H36ClP3. The fourth-order valence-corrected chi connectivity index (χ4v) is 35.2. The second-order valence-electron chi connectivity index (χ2n) is 9.55. The summed E-state index contributed by atoms with van der Waals surface area (Å²) in [5.41, 5.74) is 0. The molecule has 0 unspecified atom stereocenters. The molecule has 0 N–H and O–H groups in total. The Labute approximate surface area is 137 Å². The first-order valence-electron chi connectivity index (χ1n) is 7.46. The van der Waals surface area contributed by atoms with Gasteiger partial charge >= 0.3 is 0 Å². The summed E-state index contributed by atoms with van der Waals surface area (Å²) in [4.78, 5) is 0. The fourth-order valence-electron chi connectivity index (χ4n) is 3.09. The van der Waals surface area contributed by atoms with Crippen molar-refractivity contribution in [3.8, 4) is 0 Å². The lowest BCUT2D eigenvalue weighted by Gasteiger charge is -2.52. The predicted octanol–water partition coefficient (Wildman–Crippen LogP) is 8.61. The van der Waals surface area contributed by atoms with Gasteiger partial charge in [-0.15, -0.1) is 0 Å². The van der Waals surface area contributed by atoms with Gasteiger partial charge in [0.15, 0.2) is 0 Å². The maximum atomic E-state index is 7.27. The summed E-state index contributed by atoms with van der Waals surface area (Å²) in [6.45, 7) is 28.2. The summed E-state index contributed by atoms with van der Waals surface area (Å²) in [5, 5.41) is 1.27. The molecule has 0 saturated carbocycles. The summed E-state index contributed by atoms with van der Waals surface area (Å²) in [6.07, 6.45) is 0. The Balaban J connectivity index is 5.81. The lowest BCUT2D eigenvalue weighted by atomic mass is 10.2. The molecule has 0 aliphatic heterocycles. The number of halogens is 1. The molecule has 0 bridgehead atoms. The molecule has 122 valence electrons. The molecule has 0 rings (SSSR count). The molecule has 0 aromatic carbocycles. The maximum absolute atomic E-state index is 7.27. The molecule has 0 heterocycles. The summed E-state index contributed by atoms with van der Waals surface area (Å²) < 4.78 is 0. The molecule has 0 aromatic heterocycles. The molecule has 0 fully saturated rings. The first-order valence-corrected chi connectivity index (χ1v) is 13.8. The molecule has 0 nitrogen and oxygen atoms in total. The molecular weight excluding hydrogens is 321 g/mol. The second kappa shape index (κ2) is 6.60. The Hall–Kier alpha value is 1.58. The van der Waals surface area contributed by atoms with Crippen molar-refractivity contribution in [1.29, 1.82) is 0 Å². The summed E-state index contributed by atoms with van der Waals surface area (Å²) in [6, 6.07) is 0. The predicted molar refractivity (Wildman–Crippen MR) is 106 cm³/mol. The molecule has 0 saturated heterocycles. The third-order valence-electron chi connectivity index (χ3n) is 2.87. The average Bonchev–Trinajstić information content (AvgIpc) is 1.88. The van der Waals surface area contributed by atoms with E-state index in [1.807, 2.05) is 0 Å². The van der Waals surface area contributed by atoms with Gasteiger partial charge in [-0.2, -0.15) is 0 Å². The highest BCUT2D eigenvalue weighted by atomic mass is 35.7. The van der Waals surface area contributed by atoms with Crippen molar-refractivity contribution < 1.29 is 0 Å². The van der Waals surface area contributed by atoms with Crippen LogP contribution in [0, 0.1) is 0 Å². The Kier molecular flexibility index (Phi) is 7.12. The quantitative estimate of drug-likeness (QED) is 0.434. The maximum Gasteiger partial charge on any atom is 0.0411 e. The summed E-state index contributed by atoms with van der Waals surface area (Å²) in [7, 11) is -0.426. The van der Waals surface area contributed by atoms with E-state index in [-0.39, 0.29) is 15.2 Å². The Bertz CT molecular complexity index is 253. The molecule has 0 aliphatic rings. The SMILES string of the molecule is CC(C)(C)P(P(Cl)P(C(C)(C)C)C(C)(C)C)C(C)(C)C. The highest BCUT2D eigenvalue weighted by molar-refractivity contribution is 8.70. The molecule has 0 atom stereocenters. The van der Waals surface area contributed by atoms with E-state index < -0.39 is 6.65 Å². The number of hydrogen-bond acceptors (Lipinski definition) is 0. The lowest BCUT2D eigenvalue weighted by Crippen LogP contribution is -2.27. The van der Waals surface area contributed by atoms with E-state index >= 15 is 0 Å².